The van der Waals surface area contributed by atoms with Crippen molar-refractivity contribution in [2.24, 2.45) is 5.92 Å². The van der Waals surface area contributed by atoms with Crippen LogP contribution in [0.5, 0.6) is 0 Å². The molecular weight excluding hydrogens is 499 g/mol. The van der Waals surface area contributed by atoms with Crippen LogP contribution in [0.25, 0.3) is 0 Å². The van der Waals surface area contributed by atoms with Crippen molar-refractivity contribution in [2.45, 2.75) is 84.3 Å². The van der Waals surface area contributed by atoms with Gasteiger partial charge in [0.2, 0.25) is 0 Å². The van der Waals surface area contributed by atoms with E-state index in [0.29, 0.717) is 24.8 Å². The number of hydrogen-bond acceptors (Lipinski definition) is 4. The van der Waals surface area contributed by atoms with Crippen LogP contribution in [0.1, 0.15) is 72.1 Å². The van der Waals surface area contributed by atoms with Crippen molar-refractivity contribution in [2.75, 3.05) is 0 Å². The van der Waals surface area contributed by atoms with Gasteiger partial charge in [-0.2, -0.15) is 0 Å². The Morgan fingerprint density at radius 1 is 1.16 bits per heavy atom. The molecule has 2 N–H and O–H groups in total. The highest BCUT2D eigenvalue weighted by Gasteiger charge is 2.23. The van der Waals surface area contributed by atoms with Gasteiger partial charge in [0.15, 0.2) is 0 Å². The predicted molar refractivity (Wildman–Crippen MR) is 156 cm³/mol. The third-order valence-corrected chi connectivity index (χ3v) is 6.76. The number of phosphoric ester groups is 1. The Balaban J connectivity index is 3.11. The Hall–Kier alpha value is -2.50. The van der Waals surface area contributed by atoms with E-state index in [2.05, 4.69) is 26.2 Å². The van der Waals surface area contributed by atoms with Gasteiger partial charge in [0, 0.05) is 6.42 Å². The molecule has 0 spiro atoms. The number of rotatable bonds is 6. The number of hydrogen-bond donors (Lipinski definition) is 2. The van der Waals surface area contributed by atoms with Gasteiger partial charge in [-0.25, -0.2) is 4.57 Å². The first-order chi connectivity index (χ1) is 18.0. The number of cyclic esters (lactones) is 1. The highest BCUT2D eigenvalue weighted by molar-refractivity contribution is 7.46. The minimum Gasteiger partial charge on any atom is -0.462 e. The number of carbonyl (C=O) groups is 1. The lowest BCUT2D eigenvalue weighted by Crippen LogP contribution is -2.19. The van der Waals surface area contributed by atoms with Crippen molar-refractivity contribution < 1.29 is 28.4 Å². The zero-order valence-corrected chi connectivity index (χ0v) is 24.0. The molecule has 0 aromatic carbocycles. The van der Waals surface area contributed by atoms with Gasteiger partial charge in [-0.3, -0.25) is 9.32 Å². The van der Waals surface area contributed by atoms with Crippen molar-refractivity contribution >= 4 is 13.8 Å². The second-order valence-corrected chi connectivity index (χ2v) is 10.9. The van der Waals surface area contributed by atoms with Gasteiger partial charge >= 0.3 is 13.8 Å². The summed E-state index contributed by atoms with van der Waals surface area (Å²) >= 11 is 0. The van der Waals surface area contributed by atoms with Crippen molar-refractivity contribution in [3.8, 4) is 0 Å². The average molecular weight is 545 g/mol. The highest BCUT2D eigenvalue weighted by Crippen LogP contribution is 2.40. The lowest BCUT2D eigenvalue weighted by atomic mass is 9.96. The summed E-state index contributed by atoms with van der Waals surface area (Å²) in [6, 6.07) is 0. The van der Waals surface area contributed by atoms with Crippen molar-refractivity contribution in [1.29, 1.82) is 0 Å². The minimum atomic E-state index is -4.63. The summed E-state index contributed by atoms with van der Waals surface area (Å²) < 4.78 is 22.4. The Morgan fingerprint density at radius 2 is 1.84 bits per heavy atom. The van der Waals surface area contributed by atoms with Gasteiger partial charge in [-0.1, -0.05) is 98.1 Å². The molecule has 6 nitrogen and oxygen atoms in total. The van der Waals surface area contributed by atoms with E-state index in [-0.39, 0.29) is 24.4 Å². The van der Waals surface area contributed by atoms with Crippen LogP contribution in [0.15, 0.2) is 96.7 Å². The second kappa shape index (κ2) is 18.7. The summed E-state index contributed by atoms with van der Waals surface area (Å²) in [5.41, 5.74) is 2.71. The van der Waals surface area contributed by atoms with Crippen LogP contribution >= 0.6 is 7.82 Å². The molecule has 0 bridgehead atoms. The molecule has 7 heteroatoms. The molecule has 1 aliphatic heterocycles. The lowest BCUT2D eigenvalue weighted by Gasteiger charge is -2.19. The standard InChI is InChI=1S/C31H45O6P/c1-6-17-25(2)22-23-29-20-16-15-19-27(4)30(37-38(33,34)35)21-14-12-10-8-7-9-11-13-18-26(3)28(5)24-31(32)36-29/h6-11,13,15-17,19,26,29-30H,1,5,12,14,18,20-24H2,2-4H3,(H2,33,34,35)/b9-7+,10-8+,13-11-,16-15+,25-17-,27-19-. The van der Waals surface area contributed by atoms with E-state index in [1.807, 2.05) is 55.5 Å². The van der Waals surface area contributed by atoms with Crippen LogP contribution in [-0.2, 0) is 18.6 Å². The molecule has 1 aliphatic rings. The molecule has 3 atom stereocenters. The van der Waals surface area contributed by atoms with Gasteiger partial charge < -0.3 is 14.5 Å². The smallest absolute Gasteiger partial charge is 0.462 e. The summed E-state index contributed by atoms with van der Waals surface area (Å²) in [4.78, 5) is 31.4. The molecule has 210 valence electrons. The Bertz CT molecular complexity index is 992. The van der Waals surface area contributed by atoms with Crippen LogP contribution in [-0.4, -0.2) is 28.0 Å². The number of phosphoric acid groups is 1. The SMILES string of the molecule is C=C/C=C(/C)CCC1C/C=C/C=C(/C)C(OP(=O)(O)O)CCC/C=C/C=C/C=C\CC(C)C(=C)CC(=O)O1. The van der Waals surface area contributed by atoms with Crippen LogP contribution < -0.4 is 0 Å². The van der Waals surface area contributed by atoms with Crippen LogP contribution in [0, 0.1) is 5.92 Å². The van der Waals surface area contributed by atoms with E-state index >= 15 is 0 Å². The monoisotopic (exact) mass is 544 g/mol. The molecule has 0 fully saturated rings. The van der Waals surface area contributed by atoms with Gasteiger partial charge in [-0.05, 0) is 63.9 Å². The molecule has 0 radical (unpaired) electrons. The first-order valence-electron chi connectivity index (χ1n) is 13.2. The molecule has 38 heavy (non-hydrogen) atoms. The van der Waals surface area contributed by atoms with Gasteiger partial charge in [0.25, 0.3) is 0 Å². The minimum absolute atomic E-state index is 0.160. The largest absolute Gasteiger partial charge is 0.470 e. The summed E-state index contributed by atoms with van der Waals surface area (Å²) in [6.45, 7) is 13.7. The average Bonchev–Trinajstić information content (AvgIpc) is 2.83. The molecule has 3 unspecified atom stereocenters. The van der Waals surface area contributed by atoms with E-state index in [1.54, 1.807) is 19.1 Å². The van der Waals surface area contributed by atoms with Crippen LogP contribution in [0.2, 0.25) is 0 Å². The normalized spacial score (nSPS) is 28.5. The van der Waals surface area contributed by atoms with Crippen molar-refractivity contribution in [3.05, 3.63) is 96.7 Å². The molecule has 0 aliphatic carbocycles. The first kappa shape index (κ1) is 33.5. The molecule has 0 aromatic heterocycles. The first-order valence-corrected chi connectivity index (χ1v) is 14.8. The third-order valence-electron chi connectivity index (χ3n) is 6.23. The van der Waals surface area contributed by atoms with Gasteiger partial charge in [0.1, 0.15) is 6.10 Å². The Labute approximate surface area is 229 Å². The summed E-state index contributed by atoms with van der Waals surface area (Å²) in [5, 5.41) is 0. The molecule has 0 saturated heterocycles. The fourth-order valence-corrected chi connectivity index (χ4v) is 4.43. The summed E-state index contributed by atoms with van der Waals surface area (Å²) in [7, 11) is -4.63. The number of esters is 1. The second-order valence-electron chi connectivity index (χ2n) is 9.70. The fourth-order valence-electron chi connectivity index (χ4n) is 3.82. The molecule has 1 rings (SSSR count). The fraction of sp³-hybridized carbons (Fsp3) is 0.452. The Kier molecular flexibility index (Phi) is 16.5. The number of allylic oxidation sites excluding steroid dienone is 11. The lowest BCUT2D eigenvalue weighted by molar-refractivity contribution is -0.148. The van der Waals surface area contributed by atoms with Gasteiger partial charge in [0.05, 0.1) is 12.5 Å². The predicted octanol–water partition coefficient (Wildman–Crippen LogP) is 8.01. The van der Waals surface area contributed by atoms with E-state index in [1.165, 1.54) is 0 Å². The van der Waals surface area contributed by atoms with Crippen LogP contribution in [0.4, 0.5) is 0 Å². The molecule has 0 saturated carbocycles. The quantitative estimate of drug-likeness (QED) is 0.152. The maximum atomic E-state index is 12.7. The Morgan fingerprint density at radius 3 is 2.53 bits per heavy atom. The third kappa shape index (κ3) is 16.4. The summed E-state index contributed by atoms with van der Waals surface area (Å²) in [5.74, 6) is -0.128. The van der Waals surface area contributed by atoms with E-state index in [9.17, 15) is 19.1 Å². The topological polar surface area (TPSA) is 93.1 Å². The van der Waals surface area contributed by atoms with E-state index in [0.717, 1.165) is 36.8 Å². The van der Waals surface area contributed by atoms with Crippen LogP contribution in [0.3, 0.4) is 0 Å². The molecule has 1 heterocycles. The van der Waals surface area contributed by atoms with Crippen molar-refractivity contribution in [1.82, 2.24) is 0 Å². The van der Waals surface area contributed by atoms with Gasteiger partial charge in [-0.15, -0.1) is 0 Å². The zero-order chi connectivity index (χ0) is 28.4. The maximum Gasteiger partial charge on any atom is 0.470 e. The molecule has 0 amide bonds. The zero-order valence-electron chi connectivity index (χ0n) is 23.1. The molecular formula is C31H45O6P. The van der Waals surface area contributed by atoms with E-state index < -0.39 is 13.9 Å². The maximum absolute atomic E-state index is 12.7. The highest BCUT2D eigenvalue weighted by atomic mass is 31.2. The van der Waals surface area contributed by atoms with E-state index in [4.69, 9.17) is 9.26 Å². The van der Waals surface area contributed by atoms with Crippen molar-refractivity contribution in [3.63, 3.8) is 0 Å². The number of carbonyl (C=O) groups excluding carboxylic acids is 1. The summed E-state index contributed by atoms with van der Waals surface area (Å²) in [6.07, 6.45) is 25.0. The molecule has 0 aromatic rings. The number of ether oxygens (including phenoxy) is 1.